The van der Waals surface area contributed by atoms with Crippen LogP contribution in [0, 0.1) is 0 Å². The summed E-state index contributed by atoms with van der Waals surface area (Å²) in [5.74, 6) is 0.806. The topological polar surface area (TPSA) is 55.6 Å². The summed E-state index contributed by atoms with van der Waals surface area (Å²) in [7, 11) is 0. The van der Waals surface area contributed by atoms with Crippen LogP contribution in [0.5, 0.6) is 5.75 Å². The van der Waals surface area contributed by atoms with Gasteiger partial charge in [-0.1, -0.05) is 12.1 Å². The smallest absolute Gasteiger partial charge is 0.237 e. The fraction of sp³-hybridized carbons (Fsp3) is 0.533. The van der Waals surface area contributed by atoms with Crippen molar-refractivity contribution in [2.45, 2.75) is 39.8 Å². The summed E-state index contributed by atoms with van der Waals surface area (Å²) < 4.78 is 5.40. The summed E-state index contributed by atoms with van der Waals surface area (Å²) >= 11 is 0. The molecule has 106 valence electrons. The highest BCUT2D eigenvalue weighted by molar-refractivity contribution is 5.78. The van der Waals surface area contributed by atoms with Crippen LogP contribution in [0.4, 0.5) is 0 Å². The lowest BCUT2D eigenvalue weighted by molar-refractivity contribution is -0.135. The quantitative estimate of drug-likeness (QED) is 0.886. The fourth-order valence-corrected chi connectivity index (χ4v) is 1.85. The minimum absolute atomic E-state index is 0.0360. The maximum absolute atomic E-state index is 11.9. The first-order chi connectivity index (χ1) is 8.88. The highest BCUT2D eigenvalue weighted by Gasteiger charge is 2.25. The minimum atomic E-state index is -0.241. The molecule has 4 nitrogen and oxygen atoms in total. The summed E-state index contributed by atoms with van der Waals surface area (Å²) in [5.41, 5.74) is 6.30. The van der Waals surface area contributed by atoms with Crippen LogP contribution in [0.2, 0.25) is 0 Å². The Hall–Kier alpha value is -1.55. The van der Waals surface area contributed by atoms with Crippen LogP contribution in [0.15, 0.2) is 24.3 Å². The summed E-state index contributed by atoms with van der Waals surface area (Å²) in [6.45, 7) is 9.23. The zero-order chi connectivity index (χ0) is 14.5. The van der Waals surface area contributed by atoms with E-state index in [1.165, 1.54) is 0 Å². The molecule has 0 saturated heterocycles. The fourth-order valence-electron chi connectivity index (χ4n) is 1.85. The molecule has 0 fully saturated rings. The van der Waals surface area contributed by atoms with Gasteiger partial charge >= 0.3 is 0 Å². The largest absolute Gasteiger partial charge is 0.494 e. The van der Waals surface area contributed by atoms with Crippen LogP contribution in [0.25, 0.3) is 0 Å². The number of ether oxygens (including phenoxy) is 1. The van der Waals surface area contributed by atoms with Crippen molar-refractivity contribution < 1.29 is 9.53 Å². The normalized spacial score (nSPS) is 11.2. The maximum Gasteiger partial charge on any atom is 0.237 e. The van der Waals surface area contributed by atoms with Gasteiger partial charge in [0, 0.05) is 12.1 Å². The van der Waals surface area contributed by atoms with Gasteiger partial charge in [0.2, 0.25) is 5.91 Å². The molecule has 0 saturated carbocycles. The Morgan fingerprint density at radius 1 is 1.26 bits per heavy atom. The van der Waals surface area contributed by atoms with E-state index in [0.29, 0.717) is 13.2 Å². The van der Waals surface area contributed by atoms with Gasteiger partial charge in [0.25, 0.3) is 0 Å². The minimum Gasteiger partial charge on any atom is -0.494 e. The predicted octanol–water partition coefficient (Wildman–Crippen LogP) is 2.17. The first-order valence-electron chi connectivity index (χ1n) is 6.60. The molecule has 0 unspecified atom stereocenters. The Morgan fingerprint density at radius 3 is 2.26 bits per heavy atom. The Morgan fingerprint density at radius 2 is 1.84 bits per heavy atom. The molecule has 0 atom stereocenters. The Bertz CT molecular complexity index is 407. The Kier molecular flexibility index (Phi) is 5.36. The number of hydrogen-bond donors (Lipinski definition) is 1. The van der Waals surface area contributed by atoms with Crippen molar-refractivity contribution in [1.29, 1.82) is 0 Å². The highest BCUT2D eigenvalue weighted by Crippen LogP contribution is 2.19. The second-order valence-electron chi connectivity index (χ2n) is 5.43. The molecule has 0 aromatic heterocycles. The van der Waals surface area contributed by atoms with E-state index in [1.54, 1.807) is 4.90 Å². The SMILES string of the molecule is CCOc1ccc(CN(C(=O)CN)C(C)(C)C)cc1. The number of benzene rings is 1. The predicted molar refractivity (Wildman–Crippen MR) is 77.0 cm³/mol. The molecule has 2 N–H and O–H groups in total. The Labute approximate surface area is 115 Å². The number of nitrogens with two attached hydrogens (primary N) is 1. The van der Waals surface area contributed by atoms with Crippen molar-refractivity contribution in [1.82, 2.24) is 4.90 Å². The molecular weight excluding hydrogens is 240 g/mol. The zero-order valence-electron chi connectivity index (χ0n) is 12.3. The van der Waals surface area contributed by atoms with Gasteiger partial charge < -0.3 is 15.4 Å². The number of nitrogens with zero attached hydrogens (tertiary/aromatic N) is 1. The van der Waals surface area contributed by atoms with Gasteiger partial charge in [0.05, 0.1) is 13.2 Å². The monoisotopic (exact) mass is 264 g/mol. The van der Waals surface area contributed by atoms with Gasteiger partial charge in [0.1, 0.15) is 5.75 Å². The summed E-state index contributed by atoms with van der Waals surface area (Å²) in [5, 5.41) is 0. The van der Waals surface area contributed by atoms with Gasteiger partial charge in [-0.2, -0.15) is 0 Å². The van der Waals surface area contributed by atoms with Crippen LogP contribution in [-0.4, -0.2) is 29.5 Å². The van der Waals surface area contributed by atoms with Crippen LogP contribution in [0.1, 0.15) is 33.3 Å². The molecule has 0 aliphatic carbocycles. The molecule has 1 rings (SSSR count). The maximum atomic E-state index is 11.9. The first-order valence-corrected chi connectivity index (χ1v) is 6.60. The molecular formula is C15H24N2O2. The van der Waals surface area contributed by atoms with Crippen molar-refractivity contribution in [3.8, 4) is 5.75 Å². The van der Waals surface area contributed by atoms with Crippen LogP contribution >= 0.6 is 0 Å². The van der Waals surface area contributed by atoms with E-state index in [-0.39, 0.29) is 18.0 Å². The van der Waals surface area contributed by atoms with Gasteiger partial charge in [-0.3, -0.25) is 4.79 Å². The lowest BCUT2D eigenvalue weighted by Crippen LogP contribution is -2.47. The standard InChI is InChI=1S/C15H24N2O2/c1-5-19-13-8-6-12(7-9-13)11-17(14(18)10-16)15(2,3)4/h6-9H,5,10-11,16H2,1-4H3. The molecule has 0 radical (unpaired) electrons. The van der Waals surface area contributed by atoms with Crippen LogP contribution in [-0.2, 0) is 11.3 Å². The Balaban J connectivity index is 2.82. The van der Waals surface area contributed by atoms with Crippen LogP contribution < -0.4 is 10.5 Å². The van der Waals surface area contributed by atoms with Gasteiger partial charge in [-0.25, -0.2) is 0 Å². The van der Waals surface area contributed by atoms with Crippen molar-refractivity contribution in [2.24, 2.45) is 5.73 Å². The summed E-state index contributed by atoms with van der Waals surface area (Å²) in [4.78, 5) is 13.7. The van der Waals surface area contributed by atoms with E-state index in [4.69, 9.17) is 10.5 Å². The molecule has 0 spiro atoms. The van der Waals surface area contributed by atoms with Gasteiger partial charge in [0.15, 0.2) is 0 Å². The third-order valence-corrected chi connectivity index (χ3v) is 2.86. The molecule has 0 aliphatic rings. The lowest BCUT2D eigenvalue weighted by atomic mass is 10.0. The third-order valence-electron chi connectivity index (χ3n) is 2.86. The third kappa shape index (κ3) is 4.56. The van der Waals surface area contributed by atoms with E-state index < -0.39 is 0 Å². The van der Waals surface area contributed by atoms with Gasteiger partial charge in [-0.15, -0.1) is 0 Å². The van der Waals surface area contributed by atoms with E-state index in [2.05, 4.69) is 0 Å². The number of rotatable bonds is 5. The molecule has 1 aromatic rings. The summed E-state index contributed by atoms with van der Waals surface area (Å²) in [6.07, 6.45) is 0. The first kappa shape index (κ1) is 15.5. The van der Waals surface area contributed by atoms with E-state index >= 15 is 0 Å². The second kappa shape index (κ2) is 6.57. The number of carbonyl (C=O) groups is 1. The lowest BCUT2D eigenvalue weighted by Gasteiger charge is -2.35. The van der Waals surface area contributed by atoms with Crippen molar-refractivity contribution in [2.75, 3.05) is 13.2 Å². The molecule has 19 heavy (non-hydrogen) atoms. The van der Waals surface area contributed by atoms with Crippen molar-refractivity contribution in [3.05, 3.63) is 29.8 Å². The average molecular weight is 264 g/mol. The molecule has 1 amide bonds. The van der Waals surface area contributed by atoms with E-state index in [0.717, 1.165) is 11.3 Å². The highest BCUT2D eigenvalue weighted by atomic mass is 16.5. The molecule has 0 bridgehead atoms. The molecule has 4 heteroatoms. The van der Waals surface area contributed by atoms with Crippen molar-refractivity contribution in [3.63, 3.8) is 0 Å². The zero-order valence-corrected chi connectivity index (χ0v) is 12.3. The second-order valence-corrected chi connectivity index (χ2v) is 5.43. The molecule has 0 heterocycles. The number of amides is 1. The van der Waals surface area contributed by atoms with Crippen molar-refractivity contribution >= 4 is 5.91 Å². The number of carbonyl (C=O) groups excluding carboxylic acids is 1. The molecule has 0 aliphatic heterocycles. The molecule has 1 aromatic carbocycles. The van der Waals surface area contributed by atoms with Gasteiger partial charge in [-0.05, 0) is 45.4 Å². The number of hydrogen-bond acceptors (Lipinski definition) is 3. The van der Waals surface area contributed by atoms with E-state index in [9.17, 15) is 4.79 Å². The average Bonchev–Trinajstić information content (AvgIpc) is 2.36. The van der Waals surface area contributed by atoms with E-state index in [1.807, 2.05) is 52.0 Å². The van der Waals surface area contributed by atoms with Crippen LogP contribution in [0.3, 0.4) is 0 Å². The summed E-state index contributed by atoms with van der Waals surface area (Å²) in [6, 6.07) is 7.81.